The molecule has 25 heavy (non-hydrogen) atoms. The van der Waals surface area contributed by atoms with Gasteiger partial charge in [-0.2, -0.15) is 0 Å². The van der Waals surface area contributed by atoms with E-state index in [1.54, 1.807) is 0 Å². The van der Waals surface area contributed by atoms with Gasteiger partial charge < -0.3 is 9.15 Å². The summed E-state index contributed by atoms with van der Waals surface area (Å²) in [5.74, 6) is 0.0331. The van der Waals surface area contributed by atoms with Gasteiger partial charge in [-0.1, -0.05) is 15.9 Å². The Bertz CT molecular complexity index is 861. The molecular formula is C16H18BrNO5S2. The van der Waals surface area contributed by atoms with Crippen LogP contribution in [0.4, 0.5) is 0 Å². The maximum atomic E-state index is 11.9. The first-order valence-corrected chi connectivity index (χ1v) is 10.5. The second-order valence-corrected chi connectivity index (χ2v) is 9.38. The minimum absolute atomic E-state index is 0.109. The smallest absolute Gasteiger partial charge is 0.316 e. The SMILES string of the molecule is Cc1cc(Br)ccc1SCC(=O)OCc1ccc(S(=O)(=O)N(C)C)o1. The predicted octanol–water partition coefficient (Wildman–Crippen LogP) is 3.44. The monoisotopic (exact) mass is 447 g/mol. The molecule has 0 saturated carbocycles. The molecule has 2 rings (SSSR count). The Morgan fingerprint density at radius 1 is 1.28 bits per heavy atom. The third-order valence-electron chi connectivity index (χ3n) is 3.23. The molecule has 0 atom stereocenters. The Morgan fingerprint density at radius 3 is 2.64 bits per heavy atom. The van der Waals surface area contributed by atoms with Gasteiger partial charge in [-0.05, 0) is 42.8 Å². The fourth-order valence-corrected chi connectivity index (χ4v) is 3.95. The average Bonchev–Trinajstić information content (AvgIpc) is 3.01. The van der Waals surface area contributed by atoms with Crippen molar-refractivity contribution in [3.05, 3.63) is 46.1 Å². The van der Waals surface area contributed by atoms with Gasteiger partial charge >= 0.3 is 5.97 Å². The van der Waals surface area contributed by atoms with Crippen molar-refractivity contribution in [1.82, 2.24) is 4.31 Å². The van der Waals surface area contributed by atoms with E-state index in [1.165, 1.54) is 38.0 Å². The van der Waals surface area contributed by atoms with Crippen LogP contribution < -0.4 is 0 Å². The molecule has 2 aromatic rings. The highest BCUT2D eigenvalue weighted by molar-refractivity contribution is 9.10. The van der Waals surface area contributed by atoms with Gasteiger partial charge in [0.15, 0.2) is 0 Å². The number of carbonyl (C=O) groups excluding carboxylic acids is 1. The van der Waals surface area contributed by atoms with Crippen molar-refractivity contribution in [3.63, 3.8) is 0 Å². The number of hydrogen-bond donors (Lipinski definition) is 0. The summed E-state index contributed by atoms with van der Waals surface area (Å²) < 4.78 is 36.2. The minimum atomic E-state index is -3.63. The van der Waals surface area contributed by atoms with Crippen LogP contribution in [0.25, 0.3) is 0 Å². The molecule has 9 heteroatoms. The Kier molecular flexibility index (Phi) is 6.72. The van der Waals surface area contributed by atoms with E-state index >= 15 is 0 Å². The summed E-state index contributed by atoms with van der Waals surface area (Å²) in [6, 6.07) is 8.65. The topological polar surface area (TPSA) is 76.8 Å². The van der Waals surface area contributed by atoms with E-state index in [2.05, 4.69) is 15.9 Å². The third-order valence-corrected chi connectivity index (χ3v) is 6.56. The molecule has 0 aliphatic heterocycles. The molecule has 1 aromatic carbocycles. The van der Waals surface area contributed by atoms with Crippen molar-refractivity contribution in [3.8, 4) is 0 Å². The number of benzene rings is 1. The normalized spacial score (nSPS) is 11.7. The van der Waals surface area contributed by atoms with Crippen molar-refractivity contribution >= 4 is 43.7 Å². The van der Waals surface area contributed by atoms with Gasteiger partial charge in [-0.25, -0.2) is 12.7 Å². The van der Waals surface area contributed by atoms with E-state index in [0.717, 1.165) is 19.2 Å². The number of rotatable bonds is 7. The lowest BCUT2D eigenvalue weighted by Gasteiger charge is -2.08. The number of carbonyl (C=O) groups is 1. The van der Waals surface area contributed by atoms with Gasteiger partial charge in [-0.3, -0.25) is 4.79 Å². The van der Waals surface area contributed by atoms with Crippen LogP contribution in [0, 0.1) is 6.92 Å². The first-order valence-electron chi connectivity index (χ1n) is 7.26. The fourth-order valence-electron chi connectivity index (χ4n) is 1.86. The molecule has 0 radical (unpaired) electrons. The zero-order valence-corrected chi connectivity index (χ0v) is 17.2. The maximum Gasteiger partial charge on any atom is 0.316 e. The number of furan rings is 1. The molecule has 0 fully saturated rings. The number of esters is 1. The summed E-state index contributed by atoms with van der Waals surface area (Å²) in [5, 5.41) is -0.177. The Labute approximate surface area is 159 Å². The first kappa shape index (κ1) is 20.0. The Morgan fingerprint density at radius 2 is 2.00 bits per heavy atom. The standard InChI is InChI=1S/C16H18BrNO5S2/c1-11-8-12(17)4-6-14(11)24-10-15(19)22-9-13-5-7-16(23-13)25(20,21)18(2)3/h4-8H,9-10H2,1-3H3. The van der Waals surface area contributed by atoms with Crippen LogP contribution in [0.5, 0.6) is 0 Å². The molecule has 0 amide bonds. The minimum Gasteiger partial charge on any atom is -0.457 e. The van der Waals surface area contributed by atoms with Crippen LogP contribution in [0.1, 0.15) is 11.3 Å². The third kappa shape index (κ3) is 5.34. The largest absolute Gasteiger partial charge is 0.457 e. The molecular weight excluding hydrogens is 430 g/mol. The summed E-state index contributed by atoms with van der Waals surface area (Å²) in [5.41, 5.74) is 1.07. The van der Waals surface area contributed by atoms with E-state index in [9.17, 15) is 13.2 Å². The van der Waals surface area contributed by atoms with Gasteiger partial charge in [0, 0.05) is 23.5 Å². The van der Waals surface area contributed by atoms with Gasteiger partial charge in [0.1, 0.15) is 12.4 Å². The van der Waals surface area contributed by atoms with E-state index in [0.29, 0.717) is 0 Å². The van der Waals surface area contributed by atoms with Crippen LogP contribution >= 0.6 is 27.7 Å². The van der Waals surface area contributed by atoms with Crippen LogP contribution in [0.2, 0.25) is 0 Å². The van der Waals surface area contributed by atoms with Crippen LogP contribution in [-0.2, 0) is 26.2 Å². The van der Waals surface area contributed by atoms with Crippen molar-refractivity contribution in [1.29, 1.82) is 0 Å². The Balaban J connectivity index is 1.87. The lowest BCUT2D eigenvalue weighted by Crippen LogP contribution is -2.21. The zero-order chi connectivity index (χ0) is 18.6. The van der Waals surface area contributed by atoms with Crippen molar-refractivity contribution in [2.75, 3.05) is 19.8 Å². The number of thioether (sulfide) groups is 1. The molecule has 0 N–H and O–H groups in total. The molecule has 0 bridgehead atoms. The zero-order valence-electron chi connectivity index (χ0n) is 14.0. The second-order valence-electron chi connectivity index (χ2n) is 5.37. The number of hydrogen-bond acceptors (Lipinski definition) is 6. The van der Waals surface area contributed by atoms with E-state index < -0.39 is 16.0 Å². The second kappa shape index (κ2) is 8.39. The molecule has 0 aliphatic rings. The summed E-state index contributed by atoms with van der Waals surface area (Å²) in [4.78, 5) is 12.9. The predicted molar refractivity (Wildman–Crippen MR) is 99.0 cm³/mol. The lowest BCUT2D eigenvalue weighted by molar-refractivity contribution is -0.142. The molecule has 0 saturated heterocycles. The van der Waals surface area contributed by atoms with Crippen molar-refractivity contribution < 1.29 is 22.4 Å². The van der Waals surface area contributed by atoms with E-state index in [4.69, 9.17) is 9.15 Å². The average molecular weight is 448 g/mol. The molecule has 1 heterocycles. The fraction of sp³-hybridized carbons (Fsp3) is 0.312. The van der Waals surface area contributed by atoms with Gasteiger partial charge in [-0.15, -0.1) is 11.8 Å². The van der Waals surface area contributed by atoms with Crippen LogP contribution in [0.15, 0.2) is 49.2 Å². The van der Waals surface area contributed by atoms with Gasteiger partial charge in [0.25, 0.3) is 10.0 Å². The van der Waals surface area contributed by atoms with E-state index in [-0.39, 0.29) is 23.2 Å². The molecule has 0 aliphatic carbocycles. The van der Waals surface area contributed by atoms with Crippen molar-refractivity contribution in [2.24, 2.45) is 0 Å². The number of aryl methyl sites for hydroxylation is 1. The molecule has 1 aromatic heterocycles. The Hall–Kier alpha value is -1.29. The van der Waals surface area contributed by atoms with Gasteiger partial charge in [0.2, 0.25) is 5.09 Å². The number of sulfonamides is 1. The number of nitrogens with zero attached hydrogens (tertiary/aromatic N) is 1. The maximum absolute atomic E-state index is 11.9. The molecule has 0 spiro atoms. The highest BCUT2D eigenvalue weighted by atomic mass is 79.9. The van der Waals surface area contributed by atoms with Gasteiger partial charge in [0.05, 0.1) is 5.75 Å². The van der Waals surface area contributed by atoms with Crippen LogP contribution in [0.3, 0.4) is 0 Å². The summed E-state index contributed by atoms with van der Waals surface area (Å²) >= 11 is 4.78. The summed E-state index contributed by atoms with van der Waals surface area (Å²) in [6.07, 6.45) is 0. The first-order chi connectivity index (χ1) is 11.7. The quantitative estimate of drug-likeness (QED) is 0.477. The lowest BCUT2D eigenvalue weighted by atomic mass is 10.2. The molecule has 6 nitrogen and oxygen atoms in total. The van der Waals surface area contributed by atoms with Crippen molar-refractivity contribution in [2.45, 2.75) is 23.5 Å². The summed E-state index contributed by atoms with van der Waals surface area (Å²) in [7, 11) is -0.800. The highest BCUT2D eigenvalue weighted by Gasteiger charge is 2.21. The highest BCUT2D eigenvalue weighted by Crippen LogP contribution is 2.25. The van der Waals surface area contributed by atoms with E-state index in [1.807, 2.05) is 25.1 Å². The molecule has 0 unspecified atom stereocenters. The van der Waals surface area contributed by atoms with Crippen LogP contribution in [-0.4, -0.2) is 38.5 Å². The number of halogens is 1. The molecule has 136 valence electrons. The number of ether oxygens (including phenoxy) is 1. The summed E-state index contributed by atoms with van der Waals surface area (Å²) in [6.45, 7) is 1.86.